The highest BCUT2D eigenvalue weighted by Gasteiger charge is 2.02. The Balaban J connectivity index is 0.00000450. The van der Waals surface area contributed by atoms with Gasteiger partial charge in [0.15, 0.2) is 0 Å². The largest absolute Gasteiger partial charge is 0.489 e. The van der Waals surface area contributed by atoms with Crippen LogP contribution in [0.2, 0.25) is 5.02 Å². The maximum absolute atomic E-state index is 10.4. The van der Waals surface area contributed by atoms with Gasteiger partial charge in [-0.15, -0.1) is 12.4 Å². The molecule has 0 fully saturated rings. The number of hydrogen-bond donors (Lipinski definition) is 2. The second-order valence-electron chi connectivity index (χ2n) is 7.00. The quantitative estimate of drug-likeness (QED) is 0.358. The second kappa shape index (κ2) is 14.9. The Kier molecular flexibility index (Phi) is 12.9. The molecule has 0 radical (unpaired) electrons. The Bertz CT molecular complexity index is 792. The van der Waals surface area contributed by atoms with Gasteiger partial charge in [-0.2, -0.15) is 0 Å². The Morgan fingerprint density at radius 1 is 1.13 bits per heavy atom. The number of ether oxygens (including phenoxy) is 1. The number of carbonyl (C=O) groups is 1. The lowest BCUT2D eigenvalue weighted by Gasteiger charge is -2.09. The molecule has 0 saturated carbocycles. The van der Waals surface area contributed by atoms with Gasteiger partial charge in [-0.05, 0) is 47.7 Å². The van der Waals surface area contributed by atoms with E-state index in [-0.39, 0.29) is 18.8 Å². The third kappa shape index (κ3) is 10.1. The Hall–Kier alpha value is -2.01. The summed E-state index contributed by atoms with van der Waals surface area (Å²) in [6.07, 6.45) is 8.84. The van der Waals surface area contributed by atoms with Gasteiger partial charge in [0.25, 0.3) is 0 Å². The van der Waals surface area contributed by atoms with Gasteiger partial charge in [0.2, 0.25) is 0 Å². The fraction of sp³-hybridized carbons (Fsp3) is 0.375. The highest BCUT2D eigenvalue weighted by atomic mass is 35.5. The van der Waals surface area contributed by atoms with Crippen LogP contribution in [0.3, 0.4) is 0 Å². The molecule has 0 unspecified atom stereocenters. The molecule has 0 aliphatic heterocycles. The van der Waals surface area contributed by atoms with Gasteiger partial charge in [-0.3, -0.25) is 4.79 Å². The van der Waals surface area contributed by atoms with Crippen LogP contribution in [0.5, 0.6) is 5.75 Å². The summed E-state index contributed by atoms with van der Waals surface area (Å²) in [5.74, 6) is -0.0678. The molecule has 164 valence electrons. The van der Waals surface area contributed by atoms with E-state index in [0.717, 1.165) is 23.3 Å². The van der Waals surface area contributed by atoms with Crippen LogP contribution < -0.4 is 10.1 Å². The number of rotatable bonds is 13. The normalized spacial score (nSPS) is 10.7. The molecule has 0 aromatic heterocycles. The van der Waals surface area contributed by atoms with Crippen molar-refractivity contribution in [2.24, 2.45) is 0 Å². The molecule has 0 heterocycles. The summed E-state index contributed by atoms with van der Waals surface area (Å²) in [6, 6.07) is 14.2. The van der Waals surface area contributed by atoms with Crippen molar-refractivity contribution in [3.8, 4) is 5.75 Å². The van der Waals surface area contributed by atoms with E-state index in [2.05, 4.69) is 36.5 Å². The summed E-state index contributed by atoms with van der Waals surface area (Å²) in [5, 5.41) is 12.3. The fourth-order valence-corrected chi connectivity index (χ4v) is 3.08. The third-order valence-corrected chi connectivity index (χ3v) is 4.87. The Morgan fingerprint density at radius 2 is 1.87 bits per heavy atom. The van der Waals surface area contributed by atoms with Crippen LogP contribution in [0.4, 0.5) is 0 Å². The van der Waals surface area contributed by atoms with Crippen LogP contribution >= 0.6 is 24.0 Å². The first-order valence-corrected chi connectivity index (χ1v) is 10.6. The molecule has 6 heteroatoms. The smallest absolute Gasteiger partial charge is 0.304 e. The predicted molar refractivity (Wildman–Crippen MR) is 127 cm³/mol. The van der Waals surface area contributed by atoms with Gasteiger partial charge in [-0.25, -0.2) is 0 Å². The van der Waals surface area contributed by atoms with E-state index in [1.54, 1.807) is 0 Å². The summed E-state index contributed by atoms with van der Waals surface area (Å²) in [7, 11) is 0. The maximum atomic E-state index is 10.4. The SMILES string of the molecule is CCCCCc1ccc(COc2ccc(/C=C/CNCCC(=O)O)c(Cl)c2)cc1.Cl. The van der Waals surface area contributed by atoms with E-state index in [1.807, 2.05) is 30.4 Å². The zero-order chi connectivity index (χ0) is 20.9. The average Bonchev–Trinajstić information content (AvgIpc) is 2.71. The van der Waals surface area contributed by atoms with Crippen LogP contribution in [-0.4, -0.2) is 24.2 Å². The minimum Gasteiger partial charge on any atom is -0.489 e. The molecule has 0 bridgehead atoms. The lowest BCUT2D eigenvalue weighted by Crippen LogP contribution is -2.17. The Morgan fingerprint density at radius 3 is 2.53 bits per heavy atom. The van der Waals surface area contributed by atoms with Crippen molar-refractivity contribution >= 4 is 36.1 Å². The third-order valence-electron chi connectivity index (χ3n) is 4.54. The first-order chi connectivity index (χ1) is 14.1. The van der Waals surface area contributed by atoms with Gasteiger partial charge in [0.1, 0.15) is 12.4 Å². The van der Waals surface area contributed by atoms with Crippen molar-refractivity contribution in [1.82, 2.24) is 5.32 Å². The van der Waals surface area contributed by atoms with Crippen molar-refractivity contribution in [1.29, 1.82) is 0 Å². The number of benzene rings is 2. The number of hydrogen-bond acceptors (Lipinski definition) is 3. The minimum atomic E-state index is -0.803. The zero-order valence-corrected chi connectivity index (χ0v) is 19.0. The molecule has 2 aromatic rings. The highest BCUT2D eigenvalue weighted by molar-refractivity contribution is 6.32. The molecule has 0 saturated heterocycles. The molecule has 2 aromatic carbocycles. The van der Waals surface area contributed by atoms with Gasteiger partial charge in [0, 0.05) is 13.1 Å². The van der Waals surface area contributed by atoms with Crippen molar-refractivity contribution in [2.75, 3.05) is 13.1 Å². The highest BCUT2D eigenvalue weighted by Crippen LogP contribution is 2.24. The van der Waals surface area contributed by atoms with Crippen LogP contribution in [0.25, 0.3) is 6.08 Å². The number of halogens is 2. The minimum absolute atomic E-state index is 0. The molecule has 0 amide bonds. The molecule has 2 rings (SSSR count). The number of carboxylic acid groups (broad SMARTS) is 1. The fourth-order valence-electron chi connectivity index (χ4n) is 2.85. The van der Waals surface area contributed by atoms with Crippen molar-refractivity contribution in [3.05, 3.63) is 70.3 Å². The number of aryl methyl sites for hydroxylation is 1. The molecular weight excluding hydrogens is 421 g/mol. The molecule has 2 N–H and O–H groups in total. The Labute approximate surface area is 190 Å². The van der Waals surface area contributed by atoms with E-state index >= 15 is 0 Å². The second-order valence-corrected chi connectivity index (χ2v) is 7.40. The number of unbranched alkanes of at least 4 members (excludes halogenated alkanes) is 2. The monoisotopic (exact) mass is 451 g/mol. The lowest BCUT2D eigenvalue weighted by atomic mass is 10.1. The molecule has 0 spiro atoms. The molecule has 0 aliphatic rings. The summed E-state index contributed by atoms with van der Waals surface area (Å²) in [4.78, 5) is 10.4. The molecule has 30 heavy (non-hydrogen) atoms. The maximum Gasteiger partial charge on any atom is 0.304 e. The van der Waals surface area contributed by atoms with Crippen molar-refractivity contribution < 1.29 is 14.6 Å². The summed E-state index contributed by atoms with van der Waals surface area (Å²) in [6.45, 7) is 3.77. The summed E-state index contributed by atoms with van der Waals surface area (Å²) < 4.78 is 5.87. The van der Waals surface area contributed by atoms with E-state index in [1.165, 1.54) is 24.8 Å². The van der Waals surface area contributed by atoms with Crippen molar-refractivity contribution in [2.45, 2.75) is 45.6 Å². The molecule has 0 atom stereocenters. The molecule has 0 aliphatic carbocycles. The average molecular weight is 452 g/mol. The first kappa shape index (κ1) is 26.0. The summed E-state index contributed by atoms with van der Waals surface area (Å²) in [5.41, 5.74) is 3.41. The summed E-state index contributed by atoms with van der Waals surface area (Å²) >= 11 is 6.34. The number of carboxylic acids is 1. The van der Waals surface area contributed by atoms with Crippen LogP contribution in [0.15, 0.2) is 48.5 Å². The molecular formula is C24H31Cl2NO3. The molecule has 4 nitrogen and oxygen atoms in total. The van der Waals surface area contributed by atoms with Gasteiger partial charge in [0.05, 0.1) is 11.4 Å². The lowest BCUT2D eigenvalue weighted by molar-refractivity contribution is -0.136. The van der Waals surface area contributed by atoms with Crippen LogP contribution in [0, 0.1) is 0 Å². The van der Waals surface area contributed by atoms with Gasteiger partial charge >= 0.3 is 5.97 Å². The number of nitrogens with one attached hydrogen (secondary N) is 1. The number of aliphatic carboxylic acids is 1. The van der Waals surface area contributed by atoms with Gasteiger partial charge in [-0.1, -0.05) is 67.8 Å². The van der Waals surface area contributed by atoms with E-state index in [0.29, 0.717) is 24.7 Å². The van der Waals surface area contributed by atoms with E-state index < -0.39 is 5.97 Å². The topological polar surface area (TPSA) is 58.6 Å². The van der Waals surface area contributed by atoms with E-state index in [9.17, 15) is 4.79 Å². The first-order valence-electron chi connectivity index (χ1n) is 10.2. The zero-order valence-electron chi connectivity index (χ0n) is 17.4. The van der Waals surface area contributed by atoms with Crippen LogP contribution in [-0.2, 0) is 17.8 Å². The van der Waals surface area contributed by atoms with Crippen LogP contribution in [0.1, 0.15) is 49.3 Å². The van der Waals surface area contributed by atoms with Crippen molar-refractivity contribution in [3.63, 3.8) is 0 Å². The standard InChI is InChI=1S/C24H30ClNO3.ClH/c1-2-3-4-6-19-8-10-20(11-9-19)18-29-22-13-12-21(23(25)17-22)7-5-15-26-16-14-24(27)28;/h5,7-13,17,26H,2-4,6,14-16,18H2,1H3,(H,27,28);1H/b7-5+;. The van der Waals surface area contributed by atoms with E-state index in [4.69, 9.17) is 21.4 Å². The predicted octanol–water partition coefficient (Wildman–Crippen LogP) is 6.15. The van der Waals surface area contributed by atoms with Gasteiger partial charge < -0.3 is 15.2 Å².